The van der Waals surface area contributed by atoms with E-state index in [1.807, 2.05) is 4.57 Å². The summed E-state index contributed by atoms with van der Waals surface area (Å²) in [4.78, 5) is 0. The zero-order valence-corrected chi connectivity index (χ0v) is 11.1. The van der Waals surface area contributed by atoms with Crippen LogP contribution in [0.4, 0.5) is 13.2 Å². The first kappa shape index (κ1) is 13.4. The van der Waals surface area contributed by atoms with E-state index in [9.17, 15) is 13.2 Å². The summed E-state index contributed by atoms with van der Waals surface area (Å²) in [5.41, 5.74) is -0.275. The number of aromatic nitrogens is 3. The number of halogens is 4. The summed E-state index contributed by atoms with van der Waals surface area (Å²) in [6.07, 6.45) is -2.41. The van der Waals surface area contributed by atoms with Crippen LogP contribution >= 0.6 is 11.6 Å². The van der Waals surface area contributed by atoms with Crippen molar-refractivity contribution in [2.45, 2.75) is 30.9 Å². The highest BCUT2D eigenvalue weighted by molar-refractivity contribution is 6.16. The van der Waals surface area contributed by atoms with Crippen molar-refractivity contribution < 1.29 is 13.2 Å². The van der Waals surface area contributed by atoms with Crippen LogP contribution in [0.1, 0.15) is 30.3 Å². The van der Waals surface area contributed by atoms with Gasteiger partial charge >= 0.3 is 6.18 Å². The van der Waals surface area contributed by atoms with Crippen LogP contribution in [0.15, 0.2) is 24.3 Å². The molecule has 3 rings (SSSR count). The quantitative estimate of drug-likeness (QED) is 0.801. The van der Waals surface area contributed by atoms with Crippen molar-refractivity contribution >= 4 is 11.6 Å². The van der Waals surface area contributed by atoms with Crippen LogP contribution in [-0.4, -0.2) is 14.8 Å². The molecule has 0 unspecified atom stereocenters. The molecule has 0 aliphatic heterocycles. The van der Waals surface area contributed by atoms with Crippen LogP contribution in [0.3, 0.4) is 0 Å². The highest BCUT2D eigenvalue weighted by Gasteiger charge is 2.32. The molecule has 7 heteroatoms. The SMILES string of the molecule is FC(F)(F)c1cccc(-c2nnc(CCl)n2C2CC2)c1. The minimum absolute atomic E-state index is 0.197. The average molecular weight is 302 g/mol. The summed E-state index contributed by atoms with van der Waals surface area (Å²) in [7, 11) is 0. The van der Waals surface area contributed by atoms with Gasteiger partial charge in [-0.2, -0.15) is 13.2 Å². The molecule has 1 saturated carbocycles. The van der Waals surface area contributed by atoms with Crippen molar-refractivity contribution in [3.63, 3.8) is 0 Å². The van der Waals surface area contributed by atoms with Gasteiger partial charge in [-0.25, -0.2) is 0 Å². The zero-order valence-electron chi connectivity index (χ0n) is 10.4. The Balaban J connectivity index is 2.07. The monoisotopic (exact) mass is 301 g/mol. The van der Waals surface area contributed by atoms with Crippen molar-refractivity contribution in [3.05, 3.63) is 35.7 Å². The Hall–Kier alpha value is -1.56. The van der Waals surface area contributed by atoms with E-state index in [1.54, 1.807) is 6.07 Å². The lowest BCUT2D eigenvalue weighted by atomic mass is 10.1. The van der Waals surface area contributed by atoms with Gasteiger partial charge in [-0.05, 0) is 25.0 Å². The second-order valence-electron chi connectivity index (χ2n) is 4.75. The molecule has 0 spiro atoms. The molecule has 1 heterocycles. The molecular formula is C13H11ClF3N3. The van der Waals surface area contributed by atoms with Gasteiger partial charge in [-0.3, -0.25) is 0 Å². The Morgan fingerprint density at radius 1 is 1.25 bits per heavy atom. The fourth-order valence-corrected chi connectivity index (χ4v) is 2.34. The molecule has 0 radical (unpaired) electrons. The molecule has 20 heavy (non-hydrogen) atoms. The molecule has 0 atom stereocenters. The summed E-state index contributed by atoms with van der Waals surface area (Å²) >= 11 is 5.81. The summed E-state index contributed by atoms with van der Waals surface area (Å²) in [5.74, 6) is 1.25. The molecule has 1 aliphatic rings. The maximum atomic E-state index is 12.8. The lowest BCUT2D eigenvalue weighted by Gasteiger charge is -2.10. The molecule has 1 aliphatic carbocycles. The van der Waals surface area contributed by atoms with E-state index in [1.165, 1.54) is 6.07 Å². The second-order valence-corrected chi connectivity index (χ2v) is 5.02. The maximum absolute atomic E-state index is 12.8. The molecule has 2 aromatic rings. The molecule has 1 aromatic carbocycles. The number of benzene rings is 1. The summed E-state index contributed by atoms with van der Waals surface area (Å²) in [6.45, 7) is 0. The standard InChI is InChI=1S/C13H11ClF3N3/c14-7-11-18-19-12(20(11)10-4-5-10)8-2-1-3-9(6-8)13(15,16)17/h1-3,6,10H,4-5,7H2. The lowest BCUT2D eigenvalue weighted by molar-refractivity contribution is -0.137. The normalized spacial score (nSPS) is 15.6. The fourth-order valence-electron chi connectivity index (χ4n) is 2.16. The molecule has 0 N–H and O–H groups in total. The van der Waals surface area contributed by atoms with Gasteiger partial charge in [0.15, 0.2) is 5.82 Å². The maximum Gasteiger partial charge on any atom is 0.416 e. The number of nitrogens with zero attached hydrogens (tertiary/aromatic N) is 3. The molecule has 0 amide bonds. The van der Waals surface area contributed by atoms with Crippen LogP contribution in [0.25, 0.3) is 11.4 Å². The molecule has 106 valence electrons. The Kier molecular flexibility index (Phi) is 3.20. The van der Waals surface area contributed by atoms with Crippen LogP contribution in [0.2, 0.25) is 0 Å². The summed E-state index contributed by atoms with van der Waals surface area (Å²) in [5, 5.41) is 7.97. The van der Waals surface area contributed by atoms with Crippen molar-refractivity contribution in [1.29, 1.82) is 0 Å². The molecular weight excluding hydrogens is 291 g/mol. The van der Waals surface area contributed by atoms with Crippen LogP contribution in [0.5, 0.6) is 0 Å². The van der Waals surface area contributed by atoms with Crippen LogP contribution < -0.4 is 0 Å². The van der Waals surface area contributed by atoms with Gasteiger partial charge in [0.2, 0.25) is 0 Å². The molecule has 3 nitrogen and oxygen atoms in total. The average Bonchev–Trinajstić information content (AvgIpc) is 3.17. The second kappa shape index (κ2) is 4.77. The van der Waals surface area contributed by atoms with E-state index in [-0.39, 0.29) is 11.9 Å². The van der Waals surface area contributed by atoms with Gasteiger partial charge in [0, 0.05) is 11.6 Å². The van der Waals surface area contributed by atoms with Crippen molar-refractivity contribution in [2.75, 3.05) is 0 Å². The minimum Gasteiger partial charge on any atom is -0.307 e. The van der Waals surface area contributed by atoms with E-state index >= 15 is 0 Å². The number of rotatable bonds is 3. The highest BCUT2D eigenvalue weighted by atomic mass is 35.5. The van der Waals surface area contributed by atoms with Crippen molar-refractivity contribution in [1.82, 2.24) is 14.8 Å². The topological polar surface area (TPSA) is 30.7 Å². The van der Waals surface area contributed by atoms with Gasteiger partial charge < -0.3 is 4.57 Å². The van der Waals surface area contributed by atoms with Gasteiger partial charge in [0.25, 0.3) is 0 Å². The first-order valence-electron chi connectivity index (χ1n) is 6.18. The van der Waals surface area contributed by atoms with E-state index in [2.05, 4.69) is 10.2 Å². The molecule has 0 bridgehead atoms. The van der Waals surface area contributed by atoms with E-state index in [0.29, 0.717) is 17.2 Å². The molecule has 0 saturated heterocycles. The largest absolute Gasteiger partial charge is 0.416 e. The predicted molar refractivity (Wildman–Crippen MR) is 68.3 cm³/mol. The number of hydrogen-bond donors (Lipinski definition) is 0. The third kappa shape index (κ3) is 2.40. The van der Waals surface area contributed by atoms with Gasteiger partial charge in [-0.1, -0.05) is 12.1 Å². The Bertz CT molecular complexity index is 632. The third-order valence-electron chi connectivity index (χ3n) is 3.25. The highest BCUT2D eigenvalue weighted by Crippen LogP contribution is 2.40. The van der Waals surface area contributed by atoms with Gasteiger partial charge in [0.1, 0.15) is 5.82 Å². The Labute approximate surface area is 118 Å². The van der Waals surface area contributed by atoms with Crippen molar-refractivity contribution in [2.24, 2.45) is 0 Å². The predicted octanol–water partition coefficient (Wildman–Crippen LogP) is 4.04. The lowest BCUT2D eigenvalue weighted by Crippen LogP contribution is -2.06. The Morgan fingerprint density at radius 3 is 2.60 bits per heavy atom. The van der Waals surface area contributed by atoms with Crippen molar-refractivity contribution in [3.8, 4) is 11.4 Å². The fraction of sp³-hybridized carbons (Fsp3) is 0.385. The molecule has 1 aromatic heterocycles. The zero-order chi connectivity index (χ0) is 14.3. The number of alkyl halides is 4. The summed E-state index contributed by atoms with van der Waals surface area (Å²) < 4.78 is 40.1. The minimum atomic E-state index is -4.37. The third-order valence-corrected chi connectivity index (χ3v) is 3.49. The van der Waals surface area contributed by atoms with E-state index < -0.39 is 11.7 Å². The Morgan fingerprint density at radius 2 is 2.00 bits per heavy atom. The van der Waals surface area contributed by atoms with Crippen LogP contribution in [0, 0.1) is 0 Å². The van der Waals surface area contributed by atoms with E-state index in [4.69, 9.17) is 11.6 Å². The first-order valence-corrected chi connectivity index (χ1v) is 6.71. The molecule has 1 fully saturated rings. The number of hydrogen-bond acceptors (Lipinski definition) is 2. The van der Waals surface area contributed by atoms with Gasteiger partial charge in [0.05, 0.1) is 11.4 Å². The van der Waals surface area contributed by atoms with Gasteiger partial charge in [-0.15, -0.1) is 21.8 Å². The summed E-state index contributed by atoms with van der Waals surface area (Å²) in [6, 6.07) is 5.38. The van der Waals surface area contributed by atoms with Crippen LogP contribution in [-0.2, 0) is 12.1 Å². The smallest absolute Gasteiger partial charge is 0.307 e. The first-order chi connectivity index (χ1) is 9.50. The van der Waals surface area contributed by atoms with E-state index in [0.717, 1.165) is 25.0 Å².